The van der Waals surface area contributed by atoms with E-state index in [-0.39, 0.29) is 63.2 Å². The molecule has 1 amide bonds. The molecule has 0 saturated heterocycles. The second-order valence-corrected chi connectivity index (χ2v) is 14.7. The zero-order chi connectivity index (χ0) is 27.3. The Kier molecular flexibility index (Phi) is 5.64. The second-order valence-electron chi connectivity index (χ2n) is 14.7. The molecule has 1 aliphatic heterocycles. The molecule has 0 spiro atoms. The van der Waals surface area contributed by atoms with E-state index in [1.807, 2.05) is 30.9 Å². The molecule has 5 aliphatic rings. The summed E-state index contributed by atoms with van der Waals surface area (Å²) in [5.41, 5.74) is -0.0889. The van der Waals surface area contributed by atoms with Crippen molar-refractivity contribution in [2.45, 2.75) is 112 Å². The number of rotatable bonds is 2. The normalized spacial score (nSPS) is 44.5. The first-order chi connectivity index (χ1) is 17.1. The van der Waals surface area contributed by atoms with Gasteiger partial charge in [-0.3, -0.25) is 14.4 Å². The molecule has 0 aromatic carbocycles. The highest BCUT2D eigenvalue weighted by Crippen LogP contribution is 2.73. The van der Waals surface area contributed by atoms with Crippen molar-refractivity contribution in [3.63, 3.8) is 0 Å². The Morgan fingerprint density at radius 1 is 1.05 bits per heavy atom. The Morgan fingerprint density at radius 3 is 2.30 bits per heavy atom. The van der Waals surface area contributed by atoms with Gasteiger partial charge in [-0.1, -0.05) is 34.6 Å². The van der Waals surface area contributed by atoms with Gasteiger partial charge >= 0.3 is 0 Å². The number of amides is 1. The predicted molar refractivity (Wildman–Crippen MR) is 143 cm³/mol. The topological polar surface area (TPSA) is 78.2 Å². The lowest BCUT2D eigenvalue weighted by molar-refractivity contribution is -0.175. The van der Waals surface area contributed by atoms with Gasteiger partial charge in [0.25, 0.3) is 5.91 Å². The summed E-state index contributed by atoms with van der Waals surface area (Å²) in [5.74, 6) is 0.113. The van der Waals surface area contributed by atoms with Crippen LogP contribution < -0.4 is 0 Å². The smallest absolute Gasteiger partial charge is 0.264 e. The number of fused-ring (bicyclic) bond motifs is 7. The molecule has 5 nitrogen and oxygen atoms in total. The summed E-state index contributed by atoms with van der Waals surface area (Å²) >= 11 is 0. The van der Waals surface area contributed by atoms with E-state index in [0.29, 0.717) is 0 Å². The van der Waals surface area contributed by atoms with Crippen molar-refractivity contribution in [2.75, 3.05) is 0 Å². The minimum atomic E-state index is -0.569. The van der Waals surface area contributed by atoms with E-state index in [9.17, 15) is 19.6 Å². The molecule has 37 heavy (non-hydrogen) atoms. The molecule has 5 rings (SSSR count). The van der Waals surface area contributed by atoms with E-state index in [1.54, 1.807) is 6.92 Å². The highest BCUT2D eigenvalue weighted by molar-refractivity contribution is 6.00. The average Bonchev–Trinajstić information content (AvgIpc) is 2.80. The van der Waals surface area contributed by atoms with Crippen molar-refractivity contribution in [1.29, 1.82) is 5.26 Å². The Balaban J connectivity index is 1.70. The van der Waals surface area contributed by atoms with E-state index < -0.39 is 10.8 Å². The third-order valence-corrected chi connectivity index (χ3v) is 12.2. The first-order valence-corrected chi connectivity index (χ1v) is 14.3. The van der Waals surface area contributed by atoms with E-state index in [2.05, 4.69) is 40.7 Å². The third kappa shape index (κ3) is 3.23. The maximum absolute atomic E-state index is 14.4. The van der Waals surface area contributed by atoms with Crippen molar-refractivity contribution in [1.82, 2.24) is 4.90 Å². The van der Waals surface area contributed by atoms with Crippen molar-refractivity contribution in [3.8, 4) is 6.07 Å². The maximum Gasteiger partial charge on any atom is 0.264 e. The fraction of sp³-hybridized carbons (Fsp3) is 0.750. The fourth-order valence-corrected chi connectivity index (χ4v) is 9.91. The molecule has 7 atom stereocenters. The molecule has 200 valence electrons. The zero-order valence-electron chi connectivity index (χ0n) is 24.0. The molecular weight excluding hydrogens is 460 g/mol. The first kappa shape index (κ1) is 26.4. The first-order valence-electron chi connectivity index (χ1n) is 14.3. The molecule has 5 heteroatoms. The summed E-state index contributed by atoms with van der Waals surface area (Å²) in [6.45, 7) is 17.2. The molecule has 0 unspecified atom stereocenters. The lowest BCUT2D eigenvalue weighted by atomic mass is 9.35. The minimum Gasteiger partial charge on any atom is -0.331 e. The van der Waals surface area contributed by atoms with Crippen LogP contribution in [-0.2, 0) is 14.4 Å². The Labute approximate surface area is 222 Å². The summed E-state index contributed by atoms with van der Waals surface area (Å²) in [6, 6.07) is 2.06. The molecule has 4 aliphatic carbocycles. The van der Waals surface area contributed by atoms with Crippen LogP contribution in [0.25, 0.3) is 0 Å². The standard InChI is InChI=1S/C32H44N2O3/c1-19(2)34-25-9-10-30(7)24(29(25,6)16-21(18-33)27(34)37)15-23(36)26-22-17-28(4,5)11-13-32(22,20(3)35)14-12-31(26,30)8/h15-16,19,22,25-26H,9-14,17H2,1-8H3/t22-,25+,26-,29+,30+,31+,32+/m0/s1. The summed E-state index contributed by atoms with van der Waals surface area (Å²) < 4.78 is 0. The summed E-state index contributed by atoms with van der Waals surface area (Å²) in [7, 11) is 0. The van der Waals surface area contributed by atoms with Crippen molar-refractivity contribution >= 4 is 17.5 Å². The SMILES string of the molecule is CC(=O)[C@]12CCC(C)(C)C[C@H]1[C@H]1C(=O)C=C3[C@@]4(C)C=C(C#N)C(=O)N(C(C)C)[C@@H]4CC[C@@]3(C)[C@]1(C)CC2. The molecule has 0 aromatic rings. The number of nitriles is 1. The van der Waals surface area contributed by atoms with Crippen LogP contribution in [0.1, 0.15) is 100 Å². The van der Waals surface area contributed by atoms with Gasteiger partial charge in [-0.25, -0.2) is 0 Å². The van der Waals surface area contributed by atoms with Gasteiger partial charge < -0.3 is 4.90 Å². The Morgan fingerprint density at radius 2 is 1.70 bits per heavy atom. The van der Waals surface area contributed by atoms with Crippen LogP contribution in [0.2, 0.25) is 0 Å². The van der Waals surface area contributed by atoms with Gasteiger partial charge in [0, 0.05) is 28.8 Å². The molecule has 0 bridgehead atoms. The van der Waals surface area contributed by atoms with Gasteiger partial charge in [0.2, 0.25) is 0 Å². The highest BCUT2D eigenvalue weighted by atomic mass is 16.2. The number of Topliss-reactive ketones (excluding diaryl/α,β-unsaturated/α-hetero) is 1. The van der Waals surface area contributed by atoms with Gasteiger partial charge in [-0.15, -0.1) is 0 Å². The summed E-state index contributed by atoms with van der Waals surface area (Å²) in [4.78, 5) is 42.7. The molecule has 0 N–H and O–H groups in total. The zero-order valence-corrected chi connectivity index (χ0v) is 24.0. The summed E-state index contributed by atoms with van der Waals surface area (Å²) in [5, 5.41) is 9.89. The number of carbonyl (C=O) groups excluding carboxylic acids is 3. The van der Waals surface area contributed by atoms with Crippen LogP contribution in [0.5, 0.6) is 0 Å². The maximum atomic E-state index is 14.4. The number of carbonyl (C=O) groups is 3. The van der Waals surface area contributed by atoms with Crippen LogP contribution in [0.15, 0.2) is 23.3 Å². The molecule has 0 radical (unpaired) electrons. The lowest BCUT2D eigenvalue weighted by Crippen LogP contribution is -2.67. The monoisotopic (exact) mass is 504 g/mol. The van der Waals surface area contributed by atoms with E-state index >= 15 is 0 Å². The van der Waals surface area contributed by atoms with E-state index in [1.165, 1.54) is 0 Å². The lowest BCUT2D eigenvalue weighted by Gasteiger charge is -2.68. The quantitative estimate of drug-likeness (QED) is 0.449. The van der Waals surface area contributed by atoms with Gasteiger partial charge in [0.1, 0.15) is 17.4 Å². The van der Waals surface area contributed by atoms with Crippen LogP contribution in [0.4, 0.5) is 0 Å². The largest absolute Gasteiger partial charge is 0.331 e. The van der Waals surface area contributed by atoms with Gasteiger partial charge in [-0.05, 0) is 106 Å². The molecule has 1 heterocycles. The average molecular weight is 505 g/mol. The molecule has 3 saturated carbocycles. The Bertz CT molecular complexity index is 1190. The highest BCUT2D eigenvalue weighted by Gasteiger charge is 2.69. The predicted octanol–water partition coefficient (Wildman–Crippen LogP) is 6.19. The van der Waals surface area contributed by atoms with Crippen molar-refractivity contribution in [2.24, 2.45) is 38.9 Å². The molecular formula is C32H44N2O3. The van der Waals surface area contributed by atoms with Crippen LogP contribution in [-0.4, -0.2) is 34.5 Å². The third-order valence-electron chi connectivity index (χ3n) is 12.2. The van der Waals surface area contributed by atoms with Crippen molar-refractivity contribution < 1.29 is 14.4 Å². The van der Waals surface area contributed by atoms with Crippen LogP contribution >= 0.6 is 0 Å². The molecule has 3 fully saturated rings. The number of hydrogen-bond acceptors (Lipinski definition) is 4. The van der Waals surface area contributed by atoms with Crippen LogP contribution in [0.3, 0.4) is 0 Å². The second kappa shape index (κ2) is 7.90. The summed E-state index contributed by atoms with van der Waals surface area (Å²) in [6.07, 6.45) is 10.1. The van der Waals surface area contributed by atoms with E-state index in [4.69, 9.17) is 0 Å². The van der Waals surface area contributed by atoms with Gasteiger partial charge in [0.15, 0.2) is 5.78 Å². The number of ketones is 2. The fourth-order valence-electron chi connectivity index (χ4n) is 9.91. The van der Waals surface area contributed by atoms with Gasteiger partial charge in [-0.2, -0.15) is 5.26 Å². The number of nitrogens with zero attached hydrogens (tertiary/aromatic N) is 2. The van der Waals surface area contributed by atoms with Crippen LogP contribution in [0, 0.1) is 50.2 Å². The molecule has 0 aromatic heterocycles. The minimum absolute atomic E-state index is 0.0307. The Hall–Kier alpha value is -2.22. The van der Waals surface area contributed by atoms with E-state index in [0.717, 1.165) is 50.5 Å². The van der Waals surface area contributed by atoms with Crippen molar-refractivity contribution in [3.05, 3.63) is 23.3 Å². The van der Waals surface area contributed by atoms with Gasteiger partial charge in [0.05, 0.1) is 0 Å². The number of allylic oxidation sites excluding steroid dienone is 1. The number of hydrogen-bond donors (Lipinski definition) is 0.